The molecule has 0 radical (unpaired) electrons. The first-order valence-electron chi connectivity index (χ1n) is 5.31. The molecule has 0 aromatic heterocycles. The van der Waals surface area contributed by atoms with Gasteiger partial charge < -0.3 is 5.32 Å². The van der Waals surface area contributed by atoms with Crippen LogP contribution in [0.25, 0.3) is 0 Å². The topological polar surface area (TPSA) is 58.6 Å². The Bertz CT molecular complexity index is 395. The van der Waals surface area contributed by atoms with E-state index in [2.05, 4.69) is 26.1 Å². The molecule has 1 atom stereocenters. The first-order valence-corrected chi connectivity index (χ1v) is 6.43. The summed E-state index contributed by atoms with van der Waals surface area (Å²) in [6.45, 7) is 3.90. The highest BCUT2D eigenvalue weighted by Gasteiger charge is 2.11. The Morgan fingerprint density at radius 2 is 2.29 bits per heavy atom. The number of anilines is 1. The van der Waals surface area contributed by atoms with Gasteiger partial charge in [0.15, 0.2) is 0 Å². The Morgan fingerprint density at radius 3 is 2.82 bits per heavy atom. The molecule has 0 aliphatic heterocycles. The van der Waals surface area contributed by atoms with Crippen molar-refractivity contribution in [2.24, 2.45) is 5.92 Å². The molecule has 2 N–H and O–H groups in total. The fraction of sp³-hybridized carbons (Fsp3) is 0.417. The van der Waals surface area contributed by atoms with Gasteiger partial charge in [0.2, 0.25) is 5.91 Å². The summed E-state index contributed by atoms with van der Waals surface area (Å²) in [4.78, 5) is 15.8. The number of halogens is 1. The van der Waals surface area contributed by atoms with Crippen LogP contribution in [0.4, 0.5) is 5.69 Å². The molecular weight excluding hydrogens is 286 g/mol. The Balaban J connectivity index is 2.73. The molecule has 1 aromatic rings. The van der Waals surface area contributed by atoms with E-state index < -0.39 is 0 Å². The lowest BCUT2D eigenvalue weighted by Gasteiger charge is -2.11. The van der Waals surface area contributed by atoms with Crippen LogP contribution in [-0.4, -0.2) is 16.5 Å². The Kier molecular flexibility index (Phi) is 5.61. The zero-order valence-corrected chi connectivity index (χ0v) is 11.5. The molecule has 0 bridgehead atoms. The van der Waals surface area contributed by atoms with Crippen LogP contribution in [-0.2, 0) is 16.3 Å². The predicted octanol–water partition coefficient (Wildman–Crippen LogP) is 2.95. The molecule has 4 nitrogen and oxygen atoms in total. The minimum Gasteiger partial charge on any atom is -0.326 e. The third-order valence-electron chi connectivity index (χ3n) is 2.51. The zero-order valence-electron chi connectivity index (χ0n) is 9.87. The molecule has 17 heavy (non-hydrogen) atoms. The van der Waals surface area contributed by atoms with E-state index in [1.165, 1.54) is 0 Å². The van der Waals surface area contributed by atoms with E-state index in [4.69, 9.17) is 5.26 Å². The smallest absolute Gasteiger partial charge is 0.228 e. The molecule has 0 fully saturated rings. The van der Waals surface area contributed by atoms with E-state index >= 15 is 0 Å². The van der Waals surface area contributed by atoms with Crippen molar-refractivity contribution in [1.82, 2.24) is 0 Å². The van der Waals surface area contributed by atoms with Crippen LogP contribution in [0.15, 0.2) is 18.2 Å². The number of aryl methyl sites for hydroxylation is 1. The summed E-state index contributed by atoms with van der Waals surface area (Å²) in [5.74, 6) is -0.0943. The summed E-state index contributed by atoms with van der Waals surface area (Å²) in [5.41, 5.74) is 2.60. The third-order valence-corrected chi connectivity index (χ3v) is 3.48. The minimum absolute atomic E-state index is 0.0209. The number of benzene rings is 1. The highest BCUT2D eigenvalue weighted by molar-refractivity contribution is 9.09. The minimum atomic E-state index is -0.0734. The number of hydrogen-bond acceptors (Lipinski definition) is 3. The van der Waals surface area contributed by atoms with Crippen molar-refractivity contribution in [2.45, 2.75) is 20.5 Å². The van der Waals surface area contributed by atoms with Crippen LogP contribution in [0, 0.1) is 12.8 Å². The maximum absolute atomic E-state index is 11.7. The van der Waals surface area contributed by atoms with Gasteiger partial charge in [-0.2, -0.15) is 0 Å². The molecule has 94 valence electrons. The number of carbonyl (C=O) groups excluding carboxylic acids is 1. The zero-order chi connectivity index (χ0) is 12.8. The van der Waals surface area contributed by atoms with Gasteiger partial charge in [-0.25, -0.2) is 4.89 Å². The Hall–Kier alpha value is -0.910. The Morgan fingerprint density at radius 1 is 1.59 bits per heavy atom. The van der Waals surface area contributed by atoms with Gasteiger partial charge in [0.1, 0.15) is 6.61 Å². The normalized spacial score (nSPS) is 12.2. The molecule has 0 aliphatic rings. The van der Waals surface area contributed by atoms with E-state index in [-0.39, 0.29) is 18.4 Å². The summed E-state index contributed by atoms with van der Waals surface area (Å²) in [7, 11) is 0. The van der Waals surface area contributed by atoms with Gasteiger partial charge in [-0.1, -0.05) is 28.9 Å². The van der Waals surface area contributed by atoms with Crippen molar-refractivity contribution in [3.8, 4) is 0 Å². The number of amides is 1. The van der Waals surface area contributed by atoms with Gasteiger partial charge in [0.25, 0.3) is 0 Å². The van der Waals surface area contributed by atoms with Crippen molar-refractivity contribution in [3.63, 3.8) is 0 Å². The van der Waals surface area contributed by atoms with Crippen LogP contribution < -0.4 is 5.32 Å². The van der Waals surface area contributed by atoms with Crippen LogP contribution in [0.1, 0.15) is 18.1 Å². The largest absolute Gasteiger partial charge is 0.326 e. The van der Waals surface area contributed by atoms with E-state index in [1.54, 1.807) is 6.07 Å². The number of rotatable bonds is 5. The first-order chi connectivity index (χ1) is 8.08. The molecule has 1 rings (SSSR count). The second-order valence-corrected chi connectivity index (χ2v) is 4.61. The van der Waals surface area contributed by atoms with Gasteiger partial charge in [-0.3, -0.25) is 10.1 Å². The number of nitrogens with one attached hydrogen (secondary N) is 1. The molecule has 1 aromatic carbocycles. The fourth-order valence-corrected chi connectivity index (χ4v) is 1.63. The third kappa shape index (κ3) is 4.11. The molecule has 5 heteroatoms. The fourth-order valence-electron chi connectivity index (χ4n) is 1.34. The van der Waals surface area contributed by atoms with E-state index in [0.717, 1.165) is 16.8 Å². The van der Waals surface area contributed by atoms with Gasteiger partial charge in [-0.15, -0.1) is 0 Å². The maximum atomic E-state index is 11.7. The molecule has 1 amide bonds. The lowest BCUT2D eigenvalue weighted by molar-refractivity contribution is -0.253. The summed E-state index contributed by atoms with van der Waals surface area (Å²) in [6, 6.07) is 5.47. The SMILES string of the molecule is Cc1cc(NC(=O)C(C)CBr)ccc1COO. The van der Waals surface area contributed by atoms with Crippen molar-refractivity contribution in [3.05, 3.63) is 29.3 Å². The molecule has 1 unspecified atom stereocenters. The van der Waals surface area contributed by atoms with Crippen LogP contribution >= 0.6 is 15.9 Å². The van der Waals surface area contributed by atoms with Gasteiger partial charge >= 0.3 is 0 Å². The highest BCUT2D eigenvalue weighted by Crippen LogP contribution is 2.17. The molecule has 0 saturated heterocycles. The van der Waals surface area contributed by atoms with Crippen molar-refractivity contribution < 1.29 is 14.9 Å². The summed E-state index contributed by atoms with van der Waals surface area (Å²) in [6.07, 6.45) is 0. The molecule has 0 aliphatic carbocycles. The first kappa shape index (κ1) is 14.2. The molecule has 0 saturated carbocycles. The van der Waals surface area contributed by atoms with Gasteiger partial charge in [0, 0.05) is 16.9 Å². The molecule has 0 spiro atoms. The lowest BCUT2D eigenvalue weighted by Crippen LogP contribution is -2.21. The standard InChI is InChI=1S/C12H16BrNO3/c1-8-5-11(4-3-10(8)7-17-16)14-12(15)9(2)6-13/h3-5,9,16H,6-7H2,1-2H3,(H,14,15). The Labute approximate surface area is 109 Å². The van der Waals surface area contributed by atoms with E-state index in [1.807, 2.05) is 26.0 Å². The van der Waals surface area contributed by atoms with Crippen LogP contribution in [0.5, 0.6) is 0 Å². The second kappa shape index (κ2) is 6.74. The second-order valence-electron chi connectivity index (χ2n) is 3.96. The van der Waals surface area contributed by atoms with Crippen molar-refractivity contribution in [1.29, 1.82) is 0 Å². The number of alkyl halides is 1. The monoisotopic (exact) mass is 301 g/mol. The van der Waals surface area contributed by atoms with Crippen molar-refractivity contribution in [2.75, 3.05) is 10.6 Å². The van der Waals surface area contributed by atoms with Gasteiger partial charge in [-0.05, 0) is 30.2 Å². The van der Waals surface area contributed by atoms with Gasteiger partial charge in [0.05, 0.1) is 0 Å². The maximum Gasteiger partial charge on any atom is 0.228 e. The average Bonchev–Trinajstić information content (AvgIpc) is 2.31. The number of hydrogen-bond donors (Lipinski definition) is 2. The summed E-state index contributed by atoms with van der Waals surface area (Å²) >= 11 is 3.27. The summed E-state index contributed by atoms with van der Waals surface area (Å²) in [5, 5.41) is 11.9. The van der Waals surface area contributed by atoms with Crippen LogP contribution in [0.3, 0.4) is 0 Å². The summed E-state index contributed by atoms with van der Waals surface area (Å²) < 4.78 is 0. The van der Waals surface area contributed by atoms with Crippen LogP contribution in [0.2, 0.25) is 0 Å². The highest BCUT2D eigenvalue weighted by atomic mass is 79.9. The van der Waals surface area contributed by atoms with E-state index in [0.29, 0.717) is 5.33 Å². The molecule has 0 heterocycles. The number of carbonyl (C=O) groups is 1. The predicted molar refractivity (Wildman–Crippen MR) is 70.2 cm³/mol. The van der Waals surface area contributed by atoms with Crippen molar-refractivity contribution >= 4 is 27.5 Å². The lowest BCUT2D eigenvalue weighted by atomic mass is 10.1. The average molecular weight is 302 g/mol. The molecular formula is C12H16BrNO3. The quantitative estimate of drug-likeness (QED) is 0.499. The van der Waals surface area contributed by atoms with E-state index in [9.17, 15) is 4.79 Å².